The molecule has 3 amide bonds. The van der Waals surface area contributed by atoms with Crippen molar-refractivity contribution in [1.82, 2.24) is 10.2 Å². The number of amides is 3. The lowest BCUT2D eigenvalue weighted by Crippen LogP contribution is -2.54. The van der Waals surface area contributed by atoms with E-state index in [1.807, 2.05) is 24.3 Å². The average Bonchev–Trinajstić information content (AvgIpc) is 3.18. The molecule has 3 aliphatic rings. The van der Waals surface area contributed by atoms with Gasteiger partial charge in [-0.25, -0.2) is 0 Å². The van der Waals surface area contributed by atoms with Gasteiger partial charge in [0.1, 0.15) is 17.2 Å². The first kappa shape index (κ1) is 15.6. The van der Waals surface area contributed by atoms with Crippen molar-refractivity contribution in [1.29, 1.82) is 0 Å². The summed E-state index contributed by atoms with van der Waals surface area (Å²) in [6.45, 7) is 4.34. The Morgan fingerprint density at radius 3 is 2.84 bits per heavy atom. The van der Waals surface area contributed by atoms with Gasteiger partial charge in [-0.05, 0) is 37.0 Å². The summed E-state index contributed by atoms with van der Waals surface area (Å²) in [7, 11) is 0. The van der Waals surface area contributed by atoms with Crippen molar-refractivity contribution in [3.63, 3.8) is 0 Å². The van der Waals surface area contributed by atoms with Crippen LogP contribution in [-0.2, 0) is 19.8 Å². The topological polar surface area (TPSA) is 78.5 Å². The van der Waals surface area contributed by atoms with Crippen molar-refractivity contribution < 1.29 is 14.4 Å². The number of allylic oxidation sites excluding steroid dienone is 1. The van der Waals surface area contributed by atoms with Crippen molar-refractivity contribution in [3.05, 3.63) is 54.3 Å². The number of hydrogen-bond acceptors (Lipinski definition) is 3. The highest BCUT2D eigenvalue weighted by Crippen LogP contribution is 2.42. The van der Waals surface area contributed by atoms with Gasteiger partial charge in [-0.2, -0.15) is 0 Å². The Hall–Kier alpha value is -2.89. The maximum absolute atomic E-state index is 12.8. The van der Waals surface area contributed by atoms with Gasteiger partial charge in [0.15, 0.2) is 0 Å². The van der Waals surface area contributed by atoms with Gasteiger partial charge in [-0.15, -0.1) is 6.58 Å². The number of rotatable bonds is 3. The van der Waals surface area contributed by atoms with Crippen molar-refractivity contribution in [2.75, 3.05) is 11.9 Å². The van der Waals surface area contributed by atoms with Gasteiger partial charge in [-0.3, -0.25) is 14.4 Å². The predicted molar refractivity (Wildman–Crippen MR) is 92.5 cm³/mol. The first-order valence-corrected chi connectivity index (χ1v) is 8.43. The number of nitrogens with one attached hydrogen (secondary N) is 2. The second kappa shape index (κ2) is 5.58. The number of anilines is 1. The molecule has 3 heterocycles. The minimum Gasteiger partial charge on any atom is -0.325 e. The number of benzene rings is 1. The number of carbonyl (C=O) groups excluding carboxylic acids is 3. The number of fused-ring (bicyclic) bond motifs is 2. The van der Waals surface area contributed by atoms with E-state index in [0.717, 1.165) is 17.7 Å². The van der Waals surface area contributed by atoms with Crippen LogP contribution in [0.3, 0.4) is 0 Å². The predicted octanol–water partition coefficient (Wildman–Crippen LogP) is 1.46. The summed E-state index contributed by atoms with van der Waals surface area (Å²) in [6.07, 6.45) is 5.10. The molecule has 0 aliphatic carbocycles. The molecule has 6 nitrogen and oxygen atoms in total. The van der Waals surface area contributed by atoms with Crippen LogP contribution in [0.5, 0.6) is 0 Å². The van der Waals surface area contributed by atoms with Gasteiger partial charge < -0.3 is 15.5 Å². The third-order valence-corrected chi connectivity index (χ3v) is 5.22. The smallest absolute Gasteiger partial charge is 0.270 e. The molecule has 0 saturated carbocycles. The Balaban J connectivity index is 1.81. The van der Waals surface area contributed by atoms with E-state index in [9.17, 15) is 14.4 Å². The van der Waals surface area contributed by atoms with Crippen LogP contribution in [0.25, 0.3) is 0 Å². The molecule has 25 heavy (non-hydrogen) atoms. The van der Waals surface area contributed by atoms with Crippen LogP contribution in [-0.4, -0.2) is 35.2 Å². The molecule has 0 spiro atoms. The van der Waals surface area contributed by atoms with Gasteiger partial charge >= 0.3 is 0 Å². The highest BCUT2D eigenvalue weighted by Gasteiger charge is 2.47. The lowest BCUT2D eigenvalue weighted by Gasteiger charge is -2.32. The number of carbonyl (C=O) groups is 3. The molecule has 3 aliphatic heterocycles. The average molecular weight is 337 g/mol. The quantitative estimate of drug-likeness (QED) is 0.647. The van der Waals surface area contributed by atoms with Gasteiger partial charge in [-0.1, -0.05) is 24.3 Å². The van der Waals surface area contributed by atoms with Crippen LogP contribution in [0.15, 0.2) is 48.7 Å². The standard InChI is InChI=1S/C19H19N3O3/c1-2-9-19(12-6-3-4-7-13(12)21-18(19)25)11-14-17(24)22-10-5-8-15(22)16(23)20-14/h2-4,6-7,11,15H,1,5,8-10H2,(H,20,23)(H,21,25)/b14-11+/t15-,19-/m0/s1. The number of hydrogen-bond donors (Lipinski definition) is 2. The monoisotopic (exact) mass is 337 g/mol. The molecule has 1 aromatic rings. The van der Waals surface area contributed by atoms with Gasteiger partial charge in [0.2, 0.25) is 11.8 Å². The fourth-order valence-corrected chi connectivity index (χ4v) is 4.02. The molecule has 0 radical (unpaired) electrons. The highest BCUT2D eigenvalue weighted by atomic mass is 16.2. The largest absolute Gasteiger partial charge is 0.325 e. The molecule has 6 heteroatoms. The molecule has 0 aromatic heterocycles. The van der Waals surface area contributed by atoms with E-state index in [1.54, 1.807) is 17.1 Å². The van der Waals surface area contributed by atoms with Gasteiger partial charge in [0, 0.05) is 12.2 Å². The van der Waals surface area contributed by atoms with E-state index in [4.69, 9.17) is 0 Å². The molecule has 2 saturated heterocycles. The van der Waals surface area contributed by atoms with Crippen LogP contribution in [0, 0.1) is 0 Å². The number of nitrogens with zero attached hydrogens (tertiary/aromatic N) is 1. The second-order valence-corrected chi connectivity index (χ2v) is 6.67. The first-order valence-electron chi connectivity index (χ1n) is 8.43. The van der Waals surface area contributed by atoms with E-state index in [1.165, 1.54) is 0 Å². The molecule has 0 unspecified atom stereocenters. The summed E-state index contributed by atoms with van der Waals surface area (Å²) < 4.78 is 0. The fraction of sp³-hybridized carbons (Fsp3) is 0.316. The van der Waals surface area contributed by atoms with Crippen molar-refractivity contribution in [3.8, 4) is 0 Å². The summed E-state index contributed by atoms with van der Waals surface area (Å²) in [6, 6.07) is 7.01. The first-order chi connectivity index (χ1) is 12.1. The van der Waals surface area contributed by atoms with Crippen LogP contribution < -0.4 is 10.6 Å². The molecule has 2 N–H and O–H groups in total. The normalized spacial score (nSPS) is 29.3. The molecule has 0 bridgehead atoms. The highest BCUT2D eigenvalue weighted by molar-refractivity contribution is 6.10. The van der Waals surface area contributed by atoms with E-state index >= 15 is 0 Å². The van der Waals surface area contributed by atoms with Crippen molar-refractivity contribution >= 4 is 23.4 Å². The Morgan fingerprint density at radius 2 is 2.04 bits per heavy atom. The molecule has 2 atom stereocenters. The summed E-state index contributed by atoms with van der Waals surface area (Å²) in [4.78, 5) is 39.5. The lowest BCUT2D eigenvalue weighted by molar-refractivity contribution is -0.140. The molecule has 128 valence electrons. The zero-order chi connectivity index (χ0) is 17.6. The lowest BCUT2D eigenvalue weighted by atomic mass is 9.77. The summed E-state index contributed by atoms with van der Waals surface area (Å²) >= 11 is 0. The van der Waals surface area contributed by atoms with Crippen LogP contribution in [0.1, 0.15) is 24.8 Å². The van der Waals surface area contributed by atoms with Crippen molar-refractivity contribution in [2.24, 2.45) is 0 Å². The van der Waals surface area contributed by atoms with Gasteiger partial charge in [0.05, 0.1) is 0 Å². The third kappa shape index (κ3) is 2.21. The molecular weight excluding hydrogens is 318 g/mol. The zero-order valence-corrected chi connectivity index (χ0v) is 13.7. The molecule has 1 aromatic carbocycles. The summed E-state index contributed by atoms with van der Waals surface area (Å²) in [5.74, 6) is -0.613. The van der Waals surface area contributed by atoms with Crippen LogP contribution >= 0.6 is 0 Å². The van der Waals surface area contributed by atoms with E-state index in [0.29, 0.717) is 19.4 Å². The molecule has 4 rings (SSSR count). The Labute approximate surface area is 145 Å². The maximum atomic E-state index is 12.8. The maximum Gasteiger partial charge on any atom is 0.270 e. The van der Waals surface area contributed by atoms with Crippen molar-refractivity contribution in [2.45, 2.75) is 30.7 Å². The second-order valence-electron chi connectivity index (χ2n) is 6.67. The number of piperazine rings is 1. The number of para-hydroxylation sites is 1. The van der Waals surface area contributed by atoms with E-state index < -0.39 is 5.41 Å². The van der Waals surface area contributed by atoms with Crippen LogP contribution in [0.4, 0.5) is 5.69 Å². The minimum absolute atomic E-state index is 0.177. The Bertz CT molecular complexity index is 829. The third-order valence-electron chi connectivity index (χ3n) is 5.22. The summed E-state index contributed by atoms with van der Waals surface area (Å²) in [5, 5.41) is 5.58. The van der Waals surface area contributed by atoms with Gasteiger partial charge in [0.25, 0.3) is 5.91 Å². The Kier molecular flexibility index (Phi) is 3.49. The summed E-state index contributed by atoms with van der Waals surface area (Å²) in [5.41, 5.74) is 0.651. The minimum atomic E-state index is -1.04. The zero-order valence-electron chi connectivity index (χ0n) is 13.7. The Morgan fingerprint density at radius 1 is 1.24 bits per heavy atom. The van der Waals surface area contributed by atoms with Crippen LogP contribution in [0.2, 0.25) is 0 Å². The SMILES string of the molecule is C=CC[C@@]1(/C=C2/NC(=O)[C@@H]3CCCN3C2=O)C(=O)Nc2ccccc21. The van der Waals surface area contributed by atoms with E-state index in [2.05, 4.69) is 17.2 Å². The molecular formula is C19H19N3O3. The molecule has 2 fully saturated rings. The fourth-order valence-electron chi connectivity index (χ4n) is 4.02. The van der Waals surface area contributed by atoms with E-state index in [-0.39, 0.29) is 29.5 Å².